The molecule has 0 bridgehead atoms. The first-order valence-electron chi connectivity index (χ1n) is 6.59. The lowest BCUT2D eigenvalue weighted by atomic mass is 9.97. The molecule has 7 nitrogen and oxygen atoms in total. The monoisotopic (exact) mass is 265 g/mol. The number of nitrogen functional groups attached to an aromatic ring is 1. The number of likely N-dealkylation sites (tertiary alicyclic amines) is 1. The van der Waals surface area contributed by atoms with E-state index in [4.69, 9.17) is 11.5 Å². The van der Waals surface area contributed by atoms with Crippen LogP contribution in [0.5, 0.6) is 0 Å². The lowest BCUT2D eigenvalue weighted by Gasteiger charge is -2.34. The normalized spacial score (nSPS) is 24.4. The SMILES string of the molecule is CC1CC(N)CN(Cc2nc(N)nc(N(C)C)n2)C1. The van der Waals surface area contributed by atoms with Gasteiger partial charge in [0.2, 0.25) is 11.9 Å². The molecule has 0 amide bonds. The van der Waals surface area contributed by atoms with E-state index in [1.165, 1.54) is 0 Å². The Bertz CT molecular complexity index is 424. The molecule has 2 rings (SSSR count). The number of rotatable bonds is 3. The second kappa shape index (κ2) is 5.66. The molecule has 19 heavy (non-hydrogen) atoms. The second-order valence-corrected chi connectivity index (χ2v) is 5.60. The summed E-state index contributed by atoms with van der Waals surface area (Å²) in [7, 11) is 3.77. The van der Waals surface area contributed by atoms with Crippen LogP contribution in [0.2, 0.25) is 0 Å². The highest BCUT2D eigenvalue weighted by atomic mass is 15.3. The molecule has 0 radical (unpaired) electrons. The van der Waals surface area contributed by atoms with Crippen molar-refractivity contribution in [1.29, 1.82) is 0 Å². The molecule has 1 fully saturated rings. The summed E-state index contributed by atoms with van der Waals surface area (Å²) in [4.78, 5) is 16.8. The van der Waals surface area contributed by atoms with Gasteiger partial charge in [-0.2, -0.15) is 15.0 Å². The van der Waals surface area contributed by atoms with Gasteiger partial charge in [-0.25, -0.2) is 0 Å². The maximum atomic E-state index is 6.05. The molecule has 0 aromatic carbocycles. The van der Waals surface area contributed by atoms with Crippen molar-refractivity contribution in [2.75, 3.05) is 37.8 Å². The van der Waals surface area contributed by atoms with E-state index >= 15 is 0 Å². The van der Waals surface area contributed by atoms with E-state index in [0.717, 1.165) is 19.5 Å². The fourth-order valence-electron chi connectivity index (χ4n) is 2.54. The molecule has 2 heterocycles. The van der Waals surface area contributed by atoms with Crippen molar-refractivity contribution in [3.8, 4) is 0 Å². The molecule has 4 N–H and O–H groups in total. The first-order chi connectivity index (χ1) is 8.94. The van der Waals surface area contributed by atoms with Crippen molar-refractivity contribution in [2.24, 2.45) is 11.7 Å². The van der Waals surface area contributed by atoms with Gasteiger partial charge in [-0.1, -0.05) is 6.92 Å². The average Bonchev–Trinajstić information content (AvgIpc) is 2.26. The van der Waals surface area contributed by atoms with Crippen LogP contribution in [0.25, 0.3) is 0 Å². The van der Waals surface area contributed by atoms with Crippen LogP contribution in [0.4, 0.5) is 11.9 Å². The van der Waals surface area contributed by atoms with Crippen LogP contribution >= 0.6 is 0 Å². The minimum absolute atomic E-state index is 0.233. The van der Waals surface area contributed by atoms with Crippen molar-refractivity contribution in [3.63, 3.8) is 0 Å². The summed E-state index contributed by atoms with van der Waals surface area (Å²) in [5, 5.41) is 0. The fourth-order valence-corrected chi connectivity index (χ4v) is 2.54. The average molecular weight is 265 g/mol. The largest absolute Gasteiger partial charge is 0.368 e. The van der Waals surface area contributed by atoms with E-state index in [9.17, 15) is 0 Å². The second-order valence-electron chi connectivity index (χ2n) is 5.60. The van der Waals surface area contributed by atoms with Crippen molar-refractivity contribution in [3.05, 3.63) is 5.82 Å². The summed E-state index contributed by atoms with van der Waals surface area (Å²) in [6.07, 6.45) is 1.08. The molecule has 106 valence electrons. The zero-order valence-corrected chi connectivity index (χ0v) is 11.9. The van der Waals surface area contributed by atoms with Gasteiger partial charge in [0.05, 0.1) is 6.54 Å². The minimum atomic E-state index is 0.233. The molecule has 0 saturated carbocycles. The van der Waals surface area contributed by atoms with Crippen LogP contribution in [-0.4, -0.2) is 53.1 Å². The zero-order valence-electron chi connectivity index (χ0n) is 11.9. The van der Waals surface area contributed by atoms with Gasteiger partial charge >= 0.3 is 0 Å². The van der Waals surface area contributed by atoms with Crippen molar-refractivity contribution in [1.82, 2.24) is 19.9 Å². The number of hydrogen-bond acceptors (Lipinski definition) is 7. The Morgan fingerprint density at radius 2 is 2.00 bits per heavy atom. The fraction of sp³-hybridized carbons (Fsp3) is 0.750. The van der Waals surface area contributed by atoms with Crippen molar-refractivity contribution in [2.45, 2.75) is 25.9 Å². The van der Waals surface area contributed by atoms with Crippen LogP contribution < -0.4 is 16.4 Å². The van der Waals surface area contributed by atoms with E-state index in [1.807, 2.05) is 19.0 Å². The van der Waals surface area contributed by atoms with Gasteiger partial charge in [0.25, 0.3) is 0 Å². The minimum Gasteiger partial charge on any atom is -0.368 e. The molecule has 0 aliphatic carbocycles. The third-order valence-electron chi connectivity index (χ3n) is 3.22. The van der Waals surface area contributed by atoms with Gasteiger partial charge in [-0.05, 0) is 12.3 Å². The van der Waals surface area contributed by atoms with Crippen molar-refractivity contribution < 1.29 is 0 Å². The van der Waals surface area contributed by atoms with E-state index in [2.05, 4.69) is 26.8 Å². The number of anilines is 2. The van der Waals surface area contributed by atoms with Gasteiger partial charge in [-0.3, -0.25) is 4.90 Å². The number of nitrogens with two attached hydrogens (primary N) is 2. The Hall–Kier alpha value is -1.47. The summed E-state index contributed by atoms with van der Waals surface area (Å²) in [5.41, 5.74) is 11.8. The van der Waals surface area contributed by atoms with E-state index in [-0.39, 0.29) is 12.0 Å². The Kier molecular flexibility index (Phi) is 4.16. The summed E-state index contributed by atoms with van der Waals surface area (Å²) in [6.45, 7) is 4.80. The van der Waals surface area contributed by atoms with E-state index < -0.39 is 0 Å². The highest BCUT2D eigenvalue weighted by Gasteiger charge is 2.23. The molecule has 2 unspecified atom stereocenters. The van der Waals surface area contributed by atoms with Crippen LogP contribution in [0.1, 0.15) is 19.2 Å². The zero-order chi connectivity index (χ0) is 14.0. The van der Waals surface area contributed by atoms with Gasteiger partial charge in [0.15, 0.2) is 0 Å². The molecule has 1 aromatic rings. The quantitative estimate of drug-likeness (QED) is 0.773. The van der Waals surface area contributed by atoms with Gasteiger partial charge < -0.3 is 16.4 Å². The maximum Gasteiger partial charge on any atom is 0.229 e. The predicted molar refractivity (Wildman–Crippen MR) is 75.6 cm³/mol. The molecule has 1 saturated heterocycles. The molecule has 1 aromatic heterocycles. The predicted octanol–water partition coefficient (Wildman–Crippen LogP) is -0.311. The summed E-state index contributed by atoms with van der Waals surface area (Å²) >= 11 is 0. The molecule has 0 spiro atoms. The first kappa shape index (κ1) is 14.0. The molecule has 1 aliphatic heterocycles. The number of nitrogens with zero attached hydrogens (tertiary/aromatic N) is 5. The number of aromatic nitrogens is 3. The molecule has 7 heteroatoms. The highest BCUT2D eigenvalue weighted by molar-refractivity contribution is 5.32. The Morgan fingerprint density at radius 1 is 1.26 bits per heavy atom. The topological polar surface area (TPSA) is 97.2 Å². The summed E-state index contributed by atoms with van der Waals surface area (Å²) in [5.74, 6) is 2.17. The standard InChI is InChI=1S/C12H23N7/c1-8-4-9(13)6-19(5-8)7-10-15-11(14)17-12(16-10)18(2)3/h8-9H,4-7,13H2,1-3H3,(H2,14,15,16,17). The van der Waals surface area contributed by atoms with E-state index in [0.29, 0.717) is 24.2 Å². The van der Waals surface area contributed by atoms with Crippen LogP contribution in [0, 0.1) is 5.92 Å². The lowest BCUT2D eigenvalue weighted by molar-refractivity contribution is 0.155. The Morgan fingerprint density at radius 3 is 2.63 bits per heavy atom. The molecular formula is C12H23N7. The van der Waals surface area contributed by atoms with E-state index in [1.54, 1.807) is 0 Å². The molecular weight excluding hydrogens is 242 g/mol. The maximum absolute atomic E-state index is 6.05. The van der Waals surface area contributed by atoms with Gasteiger partial charge in [0, 0.05) is 33.2 Å². The highest BCUT2D eigenvalue weighted by Crippen LogP contribution is 2.17. The van der Waals surface area contributed by atoms with Crippen LogP contribution in [-0.2, 0) is 6.54 Å². The van der Waals surface area contributed by atoms with Gasteiger partial charge in [-0.15, -0.1) is 0 Å². The summed E-state index contributed by atoms with van der Waals surface area (Å²) in [6, 6.07) is 0.233. The van der Waals surface area contributed by atoms with Gasteiger partial charge in [0.1, 0.15) is 5.82 Å². The van der Waals surface area contributed by atoms with Crippen LogP contribution in [0.3, 0.4) is 0 Å². The third-order valence-corrected chi connectivity index (χ3v) is 3.22. The third kappa shape index (κ3) is 3.74. The van der Waals surface area contributed by atoms with Crippen molar-refractivity contribution >= 4 is 11.9 Å². The number of piperidine rings is 1. The number of hydrogen-bond donors (Lipinski definition) is 2. The van der Waals surface area contributed by atoms with Crippen LogP contribution in [0.15, 0.2) is 0 Å². The molecule has 1 aliphatic rings. The Labute approximate surface area is 114 Å². The molecule has 2 atom stereocenters. The lowest BCUT2D eigenvalue weighted by Crippen LogP contribution is -2.46. The summed E-state index contributed by atoms with van der Waals surface area (Å²) < 4.78 is 0. The first-order valence-corrected chi connectivity index (χ1v) is 6.59. The Balaban J connectivity index is 2.10. The smallest absolute Gasteiger partial charge is 0.229 e.